The highest BCUT2D eigenvalue weighted by Gasteiger charge is 2.13. The SMILES string of the molecule is N#C/C(=C/c1ccc(-c2ccccc2C(=O)[O-])o1)C(=O)Nc1ccc(F)cc1. The fourth-order valence-electron chi connectivity index (χ4n) is 2.47. The van der Waals surface area contributed by atoms with E-state index in [9.17, 15) is 24.3 Å². The number of furan rings is 1. The molecule has 28 heavy (non-hydrogen) atoms. The molecule has 0 spiro atoms. The zero-order valence-corrected chi connectivity index (χ0v) is 14.3. The molecule has 3 aromatic rings. The zero-order chi connectivity index (χ0) is 20.1. The fourth-order valence-corrected chi connectivity index (χ4v) is 2.47. The van der Waals surface area contributed by atoms with Gasteiger partial charge in [0.25, 0.3) is 5.91 Å². The molecule has 0 atom stereocenters. The first-order chi connectivity index (χ1) is 13.5. The van der Waals surface area contributed by atoms with Crippen molar-refractivity contribution in [1.29, 1.82) is 5.26 Å². The largest absolute Gasteiger partial charge is 0.545 e. The summed E-state index contributed by atoms with van der Waals surface area (Å²) in [5.74, 6) is -2.05. The van der Waals surface area contributed by atoms with Crippen LogP contribution in [0, 0.1) is 17.1 Å². The minimum absolute atomic E-state index is 0.0399. The molecule has 1 amide bonds. The third-order valence-electron chi connectivity index (χ3n) is 3.79. The predicted octanol–water partition coefficient (Wildman–Crippen LogP) is 2.99. The second-order valence-electron chi connectivity index (χ2n) is 5.67. The summed E-state index contributed by atoms with van der Waals surface area (Å²) in [6, 6.07) is 16.1. The van der Waals surface area contributed by atoms with Crippen LogP contribution in [0.3, 0.4) is 0 Å². The van der Waals surface area contributed by atoms with Gasteiger partial charge in [-0.2, -0.15) is 5.26 Å². The van der Waals surface area contributed by atoms with Gasteiger partial charge in [0.05, 0.1) is 5.97 Å². The van der Waals surface area contributed by atoms with Crippen molar-refractivity contribution in [3.8, 4) is 17.4 Å². The van der Waals surface area contributed by atoms with Crippen molar-refractivity contribution < 1.29 is 23.5 Å². The molecule has 2 aromatic carbocycles. The highest BCUT2D eigenvalue weighted by atomic mass is 19.1. The second kappa shape index (κ2) is 8.01. The van der Waals surface area contributed by atoms with Crippen LogP contribution in [-0.2, 0) is 4.79 Å². The van der Waals surface area contributed by atoms with Crippen LogP contribution in [0.4, 0.5) is 10.1 Å². The molecule has 0 aliphatic rings. The Hall–Kier alpha value is -4.18. The van der Waals surface area contributed by atoms with Crippen molar-refractivity contribution in [3.05, 3.63) is 83.4 Å². The van der Waals surface area contributed by atoms with Crippen LogP contribution < -0.4 is 10.4 Å². The van der Waals surface area contributed by atoms with E-state index in [1.54, 1.807) is 24.3 Å². The molecule has 0 saturated carbocycles. The van der Waals surface area contributed by atoms with Gasteiger partial charge in [-0.05, 0) is 36.4 Å². The Morgan fingerprint density at radius 2 is 1.79 bits per heavy atom. The lowest BCUT2D eigenvalue weighted by Gasteiger charge is -2.07. The molecule has 0 fully saturated rings. The van der Waals surface area contributed by atoms with Crippen molar-refractivity contribution in [1.82, 2.24) is 0 Å². The summed E-state index contributed by atoms with van der Waals surface area (Å²) in [6.07, 6.45) is 1.23. The number of carbonyl (C=O) groups excluding carboxylic acids is 2. The van der Waals surface area contributed by atoms with E-state index in [1.807, 2.05) is 0 Å². The third kappa shape index (κ3) is 4.14. The van der Waals surface area contributed by atoms with Crippen LogP contribution in [-0.4, -0.2) is 11.9 Å². The Morgan fingerprint density at radius 3 is 2.46 bits per heavy atom. The summed E-state index contributed by atoms with van der Waals surface area (Å²) >= 11 is 0. The lowest BCUT2D eigenvalue weighted by Crippen LogP contribution is -2.22. The number of carboxylic acids is 1. The van der Waals surface area contributed by atoms with Crippen molar-refractivity contribution in [2.75, 3.05) is 5.32 Å². The summed E-state index contributed by atoms with van der Waals surface area (Å²) in [7, 11) is 0. The van der Waals surface area contributed by atoms with E-state index in [4.69, 9.17) is 4.42 Å². The molecule has 3 rings (SSSR count). The zero-order valence-electron chi connectivity index (χ0n) is 14.3. The van der Waals surface area contributed by atoms with Gasteiger partial charge in [0, 0.05) is 22.9 Å². The highest BCUT2D eigenvalue weighted by Crippen LogP contribution is 2.26. The molecule has 1 heterocycles. The number of carboxylic acid groups (broad SMARTS) is 1. The average Bonchev–Trinajstić information content (AvgIpc) is 3.16. The van der Waals surface area contributed by atoms with Crippen LogP contribution in [0.1, 0.15) is 16.1 Å². The van der Waals surface area contributed by atoms with Gasteiger partial charge in [0.2, 0.25) is 0 Å². The first kappa shape index (κ1) is 18.6. The molecular weight excluding hydrogens is 363 g/mol. The van der Waals surface area contributed by atoms with Crippen LogP contribution in [0.2, 0.25) is 0 Å². The standard InChI is InChI=1S/C21H13FN2O4/c22-14-5-7-15(8-6-14)24-20(25)13(12-23)11-16-9-10-19(28-16)17-3-1-2-4-18(17)21(26)27/h1-11H,(H,24,25)(H,26,27)/p-1/b13-11-. The summed E-state index contributed by atoms with van der Waals surface area (Å²) in [4.78, 5) is 23.5. The van der Waals surface area contributed by atoms with Gasteiger partial charge in [-0.15, -0.1) is 0 Å². The quantitative estimate of drug-likeness (QED) is 0.545. The second-order valence-corrected chi connectivity index (χ2v) is 5.67. The highest BCUT2D eigenvalue weighted by molar-refractivity contribution is 6.09. The number of halogens is 1. The van der Waals surface area contributed by atoms with Gasteiger partial charge in [-0.3, -0.25) is 4.79 Å². The first-order valence-corrected chi connectivity index (χ1v) is 8.07. The monoisotopic (exact) mass is 375 g/mol. The van der Waals surface area contributed by atoms with E-state index in [1.165, 1.54) is 48.5 Å². The van der Waals surface area contributed by atoms with Gasteiger partial charge in [0.15, 0.2) is 0 Å². The van der Waals surface area contributed by atoms with Crippen molar-refractivity contribution in [3.63, 3.8) is 0 Å². The molecule has 0 saturated heterocycles. The molecule has 1 aromatic heterocycles. The Kier molecular flexibility index (Phi) is 5.33. The molecule has 0 aliphatic heterocycles. The lowest BCUT2D eigenvalue weighted by atomic mass is 10.1. The average molecular weight is 375 g/mol. The molecule has 138 valence electrons. The molecule has 0 unspecified atom stereocenters. The maximum Gasteiger partial charge on any atom is 0.266 e. The van der Waals surface area contributed by atoms with Crippen LogP contribution >= 0.6 is 0 Å². The smallest absolute Gasteiger partial charge is 0.266 e. The number of rotatable bonds is 5. The van der Waals surface area contributed by atoms with Crippen LogP contribution in [0.5, 0.6) is 0 Å². The number of aromatic carboxylic acids is 1. The van der Waals surface area contributed by atoms with E-state index in [-0.39, 0.29) is 22.7 Å². The van der Waals surface area contributed by atoms with E-state index in [0.29, 0.717) is 11.3 Å². The number of amides is 1. The molecule has 0 bridgehead atoms. The first-order valence-electron chi connectivity index (χ1n) is 8.07. The number of benzene rings is 2. The summed E-state index contributed by atoms with van der Waals surface area (Å²) in [5.41, 5.74) is 0.368. The summed E-state index contributed by atoms with van der Waals surface area (Å²) in [6.45, 7) is 0. The van der Waals surface area contributed by atoms with Crippen molar-refractivity contribution in [2.45, 2.75) is 0 Å². The number of anilines is 1. The van der Waals surface area contributed by atoms with Crippen molar-refractivity contribution >= 4 is 23.6 Å². The number of hydrogen-bond donors (Lipinski definition) is 1. The van der Waals surface area contributed by atoms with E-state index in [2.05, 4.69) is 5.32 Å². The van der Waals surface area contributed by atoms with Gasteiger partial charge >= 0.3 is 0 Å². The fraction of sp³-hybridized carbons (Fsp3) is 0. The minimum atomic E-state index is -1.35. The molecule has 6 nitrogen and oxygen atoms in total. The van der Waals surface area contributed by atoms with E-state index in [0.717, 1.165) is 0 Å². The Bertz CT molecular complexity index is 1110. The summed E-state index contributed by atoms with van der Waals surface area (Å²) < 4.78 is 18.5. The molecule has 1 N–H and O–H groups in total. The van der Waals surface area contributed by atoms with Crippen LogP contribution in [0.15, 0.2) is 70.7 Å². The van der Waals surface area contributed by atoms with Gasteiger partial charge in [0.1, 0.15) is 29.0 Å². The maximum atomic E-state index is 12.9. The summed E-state index contributed by atoms with van der Waals surface area (Å²) in [5, 5.41) is 23.0. The molecule has 7 heteroatoms. The van der Waals surface area contributed by atoms with E-state index < -0.39 is 17.7 Å². The van der Waals surface area contributed by atoms with Crippen molar-refractivity contribution in [2.24, 2.45) is 0 Å². The van der Waals surface area contributed by atoms with Crippen LogP contribution in [0.25, 0.3) is 17.4 Å². The minimum Gasteiger partial charge on any atom is -0.545 e. The Labute approximate surface area is 159 Å². The topological polar surface area (TPSA) is 106 Å². The maximum absolute atomic E-state index is 12.9. The Balaban J connectivity index is 1.85. The normalized spacial score (nSPS) is 10.9. The molecule has 0 aliphatic carbocycles. The number of nitrogens with zero attached hydrogens (tertiary/aromatic N) is 1. The number of nitrogens with one attached hydrogen (secondary N) is 1. The van der Waals surface area contributed by atoms with Gasteiger partial charge in [-0.1, -0.05) is 24.3 Å². The van der Waals surface area contributed by atoms with E-state index >= 15 is 0 Å². The third-order valence-corrected chi connectivity index (χ3v) is 3.79. The number of carbonyl (C=O) groups is 2. The predicted molar refractivity (Wildman–Crippen MR) is 97.1 cm³/mol. The molecular formula is C21H12FN2O4-. The van der Waals surface area contributed by atoms with Gasteiger partial charge < -0.3 is 19.6 Å². The number of nitriles is 1. The number of hydrogen-bond acceptors (Lipinski definition) is 5. The lowest BCUT2D eigenvalue weighted by molar-refractivity contribution is -0.254. The molecule has 0 radical (unpaired) electrons. The van der Waals surface area contributed by atoms with Gasteiger partial charge in [-0.25, -0.2) is 4.39 Å². The Morgan fingerprint density at radius 1 is 1.07 bits per heavy atom.